The molecule has 234 valence electrons. The van der Waals surface area contributed by atoms with E-state index in [-0.39, 0.29) is 30.5 Å². The van der Waals surface area contributed by atoms with Crippen molar-refractivity contribution in [3.63, 3.8) is 0 Å². The number of rotatable bonds is 7. The predicted molar refractivity (Wildman–Crippen MR) is 170 cm³/mol. The van der Waals surface area contributed by atoms with Crippen LogP contribution in [-0.2, 0) is 37.9 Å². The first kappa shape index (κ1) is 29.7. The fourth-order valence-electron chi connectivity index (χ4n) is 6.47. The van der Waals surface area contributed by atoms with Gasteiger partial charge in [-0.2, -0.15) is 0 Å². The van der Waals surface area contributed by atoms with E-state index in [4.69, 9.17) is 21.0 Å². The summed E-state index contributed by atoms with van der Waals surface area (Å²) in [5.74, 6) is 1.23. The predicted octanol–water partition coefficient (Wildman–Crippen LogP) is 3.90. The maximum atomic E-state index is 13.3. The second-order valence-electron chi connectivity index (χ2n) is 12.3. The van der Waals surface area contributed by atoms with Crippen molar-refractivity contribution in [2.75, 3.05) is 25.5 Å². The minimum atomic E-state index is -0.307. The van der Waals surface area contributed by atoms with E-state index in [0.717, 1.165) is 58.8 Å². The first-order valence-corrected chi connectivity index (χ1v) is 15.6. The van der Waals surface area contributed by atoms with Crippen LogP contribution in [0.5, 0.6) is 0 Å². The number of hydrogen-bond donors (Lipinski definition) is 3. The number of fused-ring (bicyclic) bond motifs is 2. The van der Waals surface area contributed by atoms with Crippen LogP contribution in [0.4, 0.5) is 5.69 Å². The zero-order valence-electron chi connectivity index (χ0n) is 25.6. The van der Waals surface area contributed by atoms with E-state index in [1.165, 1.54) is 0 Å². The number of anilines is 1. The van der Waals surface area contributed by atoms with E-state index in [0.29, 0.717) is 54.1 Å². The third-order valence-corrected chi connectivity index (χ3v) is 9.62. The summed E-state index contributed by atoms with van der Waals surface area (Å²) >= 11 is 6.93. The van der Waals surface area contributed by atoms with E-state index in [1.54, 1.807) is 11.0 Å². The normalized spacial score (nSPS) is 19.3. The van der Waals surface area contributed by atoms with Gasteiger partial charge in [0, 0.05) is 49.4 Å². The highest BCUT2D eigenvalue weighted by Crippen LogP contribution is 2.39. The van der Waals surface area contributed by atoms with Crippen LogP contribution in [0.2, 0.25) is 5.02 Å². The molecule has 7 rings (SSSR count). The van der Waals surface area contributed by atoms with Crippen molar-refractivity contribution in [2.24, 2.45) is 7.05 Å². The summed E-state index contributed by atoms with van der Waals surface area (Å²) in [6, 6.07) is 11.7. The Morgan fingerprint density at radius 2 is 1.78 bits per heavy atom. The number of halogens is 1. The number of oxazole rings is 1. The molecule has 1 aliphatic carbocycles. The number of likely N-dealkylation sites (N-methyl/N-ethyl adjacent to an activating group) is 1. The third-order valence-electron chi connectivity index (χ3n) is 9.21. The summed E-state index contributed by atoms with van der Waals surface area (Å²) in [5, 5.41) is 16.1. The molecule has 45 heavy (non-hydrogen) atoms. The molecule has 0 saturated heterocycles. The molecular formula is C33H36ClN7O4. The van der Waals surface area contributed by atoms with Gasteiger partial charge in [-0.1, -0.05) is 35.9 Å². The molecule has 0 atom stereocenters. The van der Waals surface area contributed by atoms with Crippen molar-refractivity contribution in [3.05, 3.63) is 75.7 Å². The smallest absolute Gasteiger partial charge is 0.291 e. The number of carbonyl (C=O) groups is 2. The van der Waals surface area contributed by atoms with Crippen molar-refractivity contribution in [1.82, 2.24) is 29.7 Å². The number of amides is 2. The van der Waals surface area contributed by atoms with Gasteiger partial charge in [-0.25, -0.2) is 9.97 Å². The molecule has 4 aromatic rings. The van der Waals surface area contributed by atoms with Gasteiger partial charge in [0.15, 0.2) is 5.82 Å². The van der Waals surface area contributed by atoms with Crippen LogP contribution in [0, 0.1) is 6.92 Å². The second kappa shape index (κ2) is 11.7. The minimum absolute atomic E-state index is 0.0129. The molecule has 2 aliphatic heterocycles. The van der Waals surface area contributed by atoms with Crippen molar-refractivity contribution >= 4 is 29.1 Å². The van der Waals surface area contributed by atoms with Crippen molar-refractivity contribution in [2.45, 2.75) is 58.0 Å². The Kier molecular flexibility index (Phi) is 7.73. The Bertz CT molecular complexity index is 1780. The highest BCUT2D eigenvalue weighted by atomic mass is 35.5. The first-order chi connectivity index (χ1) is 21.7. The van der Waals surface area contributed by atoms with Gasteiger partial charge in [0.25, 0.3) is 5.91 Å². The molecule has 0 unspecified atom stereocenters. The van der Waals surface area contributed by atoms with E-state index in [1.807, 2.05) is 48.9 Å². The second-order valence-corrected chi connectivity index (χ2v) is 12.7. The topological polar surface area (TPSA) is 129 Å². The number of aromatic nitrogens is 3. The zero-order chi connectivity index (χ0) is 31.4. The molecule has 0 bridgehead atoms. The molecule has 12 heteroatoms. The first-order valence-electron chi connectivity index (χ1n) is 15.3. The Morgan fingerprint density at radius 1 is 1.02 bits per heavy atom. The number of hydrogen-bond acceptors (Lipinski definition) is 8. The molecule has 11 nitrogen and oxygen atoms in total. The fraction of sp³-hybridized carbons (Fsp3) is 0.394. The summed E-state index contributed by atoms with van der Waals surface area (Å²) in [6.45, 7) is 4.65. The van der Waals surface area contributed by atoms with E-state index < -0.39 is 0 Å². The van der Waals surface area contributed by atoms with Crippen LogP contribution in [0.1, 0.15) is 51.9 Å². The lowest BCUT2D eigenvalue weighted by atomic mass is 9.89. The van der Waals surface area contributed by atoms with Gasteiger partial charge < -0.3 is 34.5 Å². The Morgan fingerprint density at radius 3 is 2.56 bits per heavy atom. The molecule has 0 spiro atoms. The lowest BCUT2D eigenvalue weighted by molar-refractivity contribution is -0.131. The quantitative estimate of drug-likeness (QED) is 0.281. The van der Waals surface area contributed by atoms with Gasteiger partial charge in [-0.15, -0.1) is 0 Å². The molecule has 1 saturated carbocycles. The number of benzene rings is 2. The molecule has 0 radical (unpaired) electrons. The number of aliphatic hydroxyl groups is 1. The molecular weight excluding hydrogens is 594 g/mol. The largest absolute Gasteiger partial charge is 0.439 e. The van der Waals surface area contributed by atoms with Crippen LogP contribution in [-0.4, -0.2) is 73.5 Å². The van der Waals surface area contributed by atoms with Gasteiger partial charge in [-0.3, -0.25) is 9.59 Å². The van der Waals surface area contributed by atoms with Gasteiger partial charge in [0.1, 0.15) is 11.5 Å². The molecule has 2 aromatic heterocycles. The number of carbonyl (C=O) groups excluding carboxylic acids is 2. The number of nitrogens with zero attached hydrogens (tertiary/aromatic N) is 5. The van der Waals surface area contributed by atoms with Crippen LogP contribution >= 0.6 is 11.6 Å². The molecule has 1 fully saturated rings. The Labute approximate surface area is 266 Å². The lowest BCUT2D eigenvalue weighted by Gasteiger charge is -2.32. The van der Waals surface area contributed by atoms with Crippen molar-refractivity contribution in [1.29, 1.82) is 0 Å². The summed E-state index contributed by atoms with van der Waals surface area (Å²) in [5.41, 5.74) is 6.72. The van der Waals surface area contributed by atoms with Gasteiger partial charge >= 0.3 is 0 Å². The monoisotopic (exact) mass is 629 g/mol. The number of nitrogens with one attached hydrogen (secondary N) is 2. The maximum absolute atomic E-state index is 13.3. The highest BCUT2D eigenvalue weighted by Gasteiger charge is 2.32. The average molecular weight is 630 g/mol. The zero-order valence-corrected chi connectivity index (χ0v) is 26.3. The standard InChI is InChI=1S/C33H36ClN7O4/c1-18-21(23-8-5-9-24(30(23)34)37-32(44)31-36-25-15-39(2)11-10-27(25)40(31)3)6-4-7-22(18)33-38-26-16-41(17-28(26)45-33)29(43)14-35-19-12-20(42)13-19/h4-9,19-20,35,42H,10-17H2,1-3H3,(H,37,44). The Balaban J connectivity index is 1.08. The van der Waals surface area contributed by atoms with Gasteiger partial charge in [-0.05, 0) is 50.1 Å². The summed E-state index contributed by atoms with van der Waals surface area (Å²) in [4.78, 5) is 39.4. The molecule has 3 N–H and O–H groups in total. The van der Waals surface area contributed by atoms with Crippen molar-refractivity contribution < 1.29 is 19.1 Å². The van der Waals surface area contributed by atoms with Gasteiger partial charge in [0.05, 0.1) is 42.1 Å². The molecule has 4 heterocycles. The van der Waals surface area contributed by atoms with Crippen LogP contribution in [0.15, 0.2) is 40.8 Å². The SMILES string of the molecule is Cc1c(-c2nc3c(o2)CN(C(=O)CNC2CC(O)C2)C3)cccc1-c1cccc(NC(=O)c2nc3c(n2C)CCN(C)C3)c1Cl. The number of aliphatic hydroxyl groups excluding tert-OH is 1. The summed E-state index contributed by atoms with van der Waals surface area (Å²) in [6.07, 6.45) is 1.96. The third kappa shape index (κ3) is 5.54. The van der Waals surface area contributed by atoms with E-state index >= 15 is 0 Å². The fourth-order valence-corrected chi connectivity index (χ4v) is 6.74. The highest BCUT2D eigenvalue weighted by molar-refractivity contribution is 6.36. The lowest BCUT2D eigenvalue weighted by Crippen LogP contribution is -2.47. The molecule has 2 amide bonds. The van der Waals surface area contributed by atoms with Crippen LogP contribution in [0.3, 0.4) is 0 Å². The van der Waals surface area contributed by atoms with E-state index in [2.05, 4.69) is 27.6 Å². The summed E-state index contributed by atoms with van der Waals surface area (Å²) in [7, 11) is 3.93. The van der Waals surface area contributed by atoms with Gasteiger partial charge in [0.2, 0.25) is 11.8 Å². The van der Waals surface area contributed by atoms with Crippen LogP contribution < -0.4 is 10.6 Å². The summed E-state index contributed by atoms with van der Waals surface area (Å²) < 4.78 is 8.06. The van der Waals surface area contributed by atoms with E-state index in [9.17, 15) is 14.7 Å². The Hall–Kier alpha value is -4.03. The minimum Gasteiger partial charge on any atom is -0.439 e. The molecule has 3 aliphatic rings. The maximum Gasteiger partial charge on any atom is 0.291 e. The molecule has 2 aromatic carbocycles. The number of imidazole rings is 1. The van der Waals surface area contributed by atoms with Crippen LogP contribution in [0.25, 0.3) is 22.6 Å². The van der Waals surface area contributed by atoms with Crippen molar-refractivity contribution in [3.8, 4) is 22.6 Å². The average Bonchev–Trinajstić information content (AvgIpc) is 3.68.